The van der Waals surface area contributed by atoms with Gasteiger partial charge in [0.2, 0.25) is 0 Å². The fourth-order valence-electron chi connectivity index (χ4n) is 2.91. The molecule has 10 heteroatoms. The molecule has 29 heavy (non-hydrogen) atoms. The zero-order chi connectivity index (χ0) is 21.3. The van der Waals surface area contributed by atoms with Gasteiger partial charge in [-0.3, -0.25) is 9.59 Å². The smallest absolute Gasteiger partial charge is 0.422 e. The number of pyridine rings is 1. The molecule has 152 valence electrons. The van der Waals surface area contributed by atoms with Crippen molar-refractivity contribution in [3.8, 4) is 5.75 Å². The van der Waals surface area contributed by atoms with E-state index in [2.05, 4.69) is 9.72 Å². The van der Waals surface area contributed by atoms with Crippen LogP contribution in [0.4, 0.5) is 13.2 Å². The minimum absolute atomic E-state index is 0.00508. The maximum atomic E-state index is 12.9. The third kappa shape index (κ3) is 4.15. The zero-order valence-corrected chi connectivity index (χ0v) is 15.0. The average molecular weight is 408 g/mol. The number of hydrogen-bond acceptors (Lipinski definition) is 4. The van der Waals surface area contributed by atoms with Crippen LogP contribution in [0.5, 0.6) is 5.75 Å². The minimum atomic E-state index is -4.73. The van der Waals surface area contributed by atoms with E-state index < -0.39 is 35.8 Å². The van der Waals surface area contributed by atoms with E-state index in [1.807, 2.05) is 0 Å². The molecule has 7 nitrogen and oxygen atoms in total. The standard InChI is InChI=1S/C19H15F3N2O5/c1-10-7-12-14(16(15(23-12)18(27)28)29-9-19(20,21)22)17(26)24(10)8-13(25)11-5-3-2-4-6-11/h2-7,23H,8-9H2,1H3,(H,27,28). The Labute approximate surface area is 161 Å². The molecule has 3 aromatic rings. The summed E-state index contributed by atoms with van der Waals surface area (Å²) in [5, 5.41) is 8.90. The number of benzene rings is 1. The zero-order valence-electron chi connectivity index (χ0n) is 15.0. The first-order chi connectivity index (χ1) is 13.6. The summed E-state index contributed by atoms with van der Waals surface area (Å²) in [6, 6.07) is 9.54. The molecule has 2 aromatic heterocycles. The van der Waals surface area contributed by atoms with Crippen molar-refractivity contribution >= 4 is 22.7 Å². The Morgan fingerprint density at radius 3 is 2.45 bits per heavy atom. The van der Waals surface area contributed by atoms with Gasteiger partial charge in [0.15, 0.2) is 23.8 Å². The molecule has 0 radical (unpaired) electrons. The molecule has 0 spiro atoms. The molecule has 0 aliphatic rings. The van der Waals surface area contributed by atoms with Gasteiger partial charge in [0.25, 0.3) is 5.56 Å². The highest BCUT2D eigenvalue weighted by atomic mass is 19.4. The minimum Gasteiger partial charge on any atom is -0.481 e. The molecule has 0 unspecified atom stereocenters. The quantitative estimate of drug-likeness (QED) is 0.610. The van der Waals surface area contributed by atoms with Gasteiger partial charge in [-0.05, 0) is 13.0 Å². The Balaban J connectivity index is 2.12. The number of hydrogen-bond donors (Lipinski definition) is 2. The van der Waals surface area contributed by atoms with Crippen molar-refractivity contribution in [3.63, 3.8) is 0 Å². The molecule has 0 atom stereocenters. The molecule has 2 heterocycles. The first-order valence-corrected chi connectivity index (χ1v) is 8.35. The molecule has 1 aromatic carbocycles. The molecule has 0 aliphatic carbocycles. The SMILES string of the molecule is Cc1cc2[nH]c(C(=O)O)c(OCC(F)(F)F)c2c(=O)n1CC(=O)c1ccccc1. The van der Waals surface area contributed by atoms with Gasteiger partial charge in [0.05, 0.1) is 12.1 Å². The van der Waals surface area contributed by atoms with Gasteiger partial charge in [-0.15, -0.1) is 0 Å². The number of carbonyl (C=O) groups is 2. The van der Waals surface area contributed by atoms with Gasteiger partial charge in [-0.1, -0.05) is 30.3 Å². The number of nitrogens with zero attached hydrogens (tertiary/aromatic N) is 1. The number of alkyl halides is 3. The number of H-pyrrole nitrogens is 1. The topological polar surface area (TPSA) is 101 Å². The largest absolute Gasteiger partial charge is 0.481 e. The van der Waals surface area contributed by atoms with Crippen molar-refractivity contribution in [1.29, 1.82) is 0 Å². The Kier molecular flexibility index (Phi) is 5.19. The van der Waals surface area contributed by atoms with Crippen LogP contribution in [-0.2, 0) is 6.54 Å². The average Bonchev–Trinajstić information content (AvgIpc) is 3.02. The van der Waals surface area contributed by atoms with Crippen LogP contribution in [0.3, 0.4) is 0 Å². The summed E-state index contributed by atoms with van der Waals surface area (Å²) in [6.07, 6.45) is -4.73. The van der Waals surface area contributed by atoms with Crippen molar-refractivity contribution < 1.29 is 32.6 Å². The number of ether oxygens (including phenoxy) is 1. The predicted octanol–water partition coefficient (Wildman–Crippen LogP) is 3.16. The van der Waals surface area contributed by atoms with Crippen molar-refractivity contribution in [2.24, 2.45) is 0 Å². The number of rotatable bonds is 6. The molecular weight excluding hydrogens is 393 g/mol. The number of aromatic nitrogens is 2. The van der Waals surface area contributed by atoms with Gasteiger partial charge >= 0.3 is 12.1 Å². The highest BCUT2D eigenvalue weighted by Crippen LogP contribution is 2.30. The van der Waals surface area contributed by atoms with Gasteiger partial charge in [0.1, 0.15) is 5.39 Å². The van der Waals surface area contributed by atoms with E-state index in [0.717, 1.165) is 4.57 Å². The molecule has 0 fully saturated rings. The number of halogens is 3. The summed E-state index contributed by atoms with van der Waals surface area (Å²) < 4.78 is 43.4. The lowest BCUT2D eigenvalue weighted by molar-refractivity contribution is -0.153. The van der Waals surface area contributed by atoms with Crippen LogP contribution in [0, 0.1) is 6.92 Å². The van der Waals surface area contributed by atoms with Crippen LogP contribution < -0.4 is 10.3 Å². The number of ketones is 1. The van der Waals surface area contributed by atoms with Gasteiger partial charge in [0, 0.05) is 11.3 Å². The number of aromatic carboxylic acids is 1. The summed E-state index contributed by atoms with van der Waals surface area (Å²) in [6.45, 7) is -0.607. The number of carboxylic acid groups (broad SMARTS) is 1. The summed E-state index contributed by atoms with van der Waals surface area (Å²) in [7, 11) is 0. The second-order valence-corrected chi connectivity index (χ2v) is 6.29. The monoisotopic (exact) mass is 408 g/mol. The van der Waals surface area contributed by atoms with E-state index in [1.54, 1.807) is 30.3 Å². The Morgan fingerprint density at radius 1 is 1.21 bits per heavy atom. The van der Waals surface area contributed by atoms with Crippen molar-refractivity contribution in [1.82, 2.24) is 9.55 Å². The van der Waals surface area contributed by atoms with E-state index in [-0.39, 0.29) is 23.2 Å². The maximum absolute atomic E-state index is 12.9. The highest BCUT2D eigenvalue weighted by molar-refractivity contribution is 6.00. The lowest BCUT2D eigenvalue weighted by atomic mass is 10.1. The lowest BCUT2D eigenvalue weighted by Crippen LogP contribution is -2.27. The van der Waals surface area contributed by atoms with Gasteiger partial charge < -0.3 is 19.4 Å². The summed E-state index contributed by atoms with van der Waals surface area (Å²) in [4.78, 5) is 39.2. The number of carbonyl (C=O) groups excluding carboxylic acids is 1. The van der Waals surface area contributed by atoms with Crippen molar-refractivity contribution in [2.75, 3.05) is 6.61 Å². The molecule has 0 saturated carbocycles. The van der Waals surface area contributed by atoms with Gasteiger partial charge in [-0.25, -0.2) is 4.79 Å². The van der Waals surface area contributed by atoms with Crippen LogP contribution >= 0.6 is 0 Å². The van der Waals surface area contributed by atoms with Crippen molar-refractivity contribution in [2.45, 2.75) is 19.6 Å². The second-order valence-electron chi connectivity index (χ2n) is 6.29. The number of nitrogens with one attached hydrogen (secondary N) is 1. The fraction of sp³-hybridized carbons (Fsp3) is 0.211. The van der Waals surface area contributed by atoms with Crippen molar-refractivity contribution in [3.05, 3.63) is 63.7 Å². The normalized spacial score (nSPS) is 11.6. The number of aryl methyl sites for hydroxylation is 1. The van der Waals surface area contributed by atoms with Crippen LogP contribution in [0.2, 0.25) is 0 Å². The Bertz CT molecular complexity index is 1150. The van der Waals surface area contributed by atoms with Crippen LogP contribution in [0.25, 0.3) is 10.9 Å². The summed E-state index contributed by atoms with van der Waals surface area (Å²) in [5.41, 5.74) is -0.816. The lowest BCUT2D eigenvalue weighted by Gasteiger charge is -2.12. The molecular formula is C19H15F3N2O5. The van der Waals surface area contributed by atoms with E-state index in [9.17, 15) is 32.7 Å². The highest BCUT2D eigenvalue weighted by Gasteiger charge is 2.31. The van der Waals surface area contributed by atoms with E-state index in [0.29, 0.717) is 11.3 Å². The van der Waals surface area contributed by atoms with E-state index in [4.69, 9.17) is 0 Å². The number of Topliss-reactive ketones (excluding diaryl/α,β-unsaturated/α-hetero) is 1. The first-order valence-electron chi connectivity index (χ1n) is 8.35. The number of carboxylic acids is 1. The number of fused-ring (bicyclic) bond motifs is 1. The molecule has 3 rings (SSSR count). The third-order valence-corrected chi connectivity index (χ3v) is 4.21. The van der Waals surface area contributed by atoms with E-state index in [1.165, 1.54) is 13.0 Å². The van der Waals surface area contributed by atoms with E-state index >= 15 is 0 Å². The number of aromatic amines is 1. The molecule has 0 saturated heterocycles. The maximum Gasteiger partial charge on any atom is 0.422 e. The molecule has 0 aliphatic heterocycles. The fourth-order valence-corrected chi connectivity index (χ4v) is 2.91. The molecule has 0 amide bonds. The van der Waals surface area contributed by atoms with Crippen LogP contribution in [-0.4, -0.2) is 39.2 Å². The van der Waals surface area contributed by atoms with Crippen LogP contribution in [0.15, 0.2) is 41.2 Å². The summed E-state index contributed by atoms with van der Waals surface area (Å²) >= 11 is 0. The predicted molar refractivity (Wildman–Crippen MR) is 96.6 cm³/mol. The Hall–Kier alpha value is -3.56. The first kappa shape index (κ1) is 20.2. The second kappa shape index (κ2) is 7.46. The third-order valence-electron chi connectivity index (χ3n) is 4.21. The van der Waals surface area contributed by atoms with Gasteiger partial charge in [-0.2, -0.15) is 13.2 Å². The molecule has 2 N–H and O–H groups in total. The summed E-state index contributed by atoms with van der Waals surface area (Å²) in [5.74, 6) is -2.68. The molecule has 0 bridgehead atoms. The Morgan fingerprint density at radius 2 is 1.86 bits per heavy atom. The van der Waals surface area contributed by atoms with Crippen LogP contribution in [0.1, 0.15) is 26.5 Å².